The Labute approximate surface area is 158 Å². The number of hydrogen-bond acceptors (Lipinski definition) is 5. The quantitative estimate of drug-likeness (QED) is 0.761. The molecule has 0 spiro atoms. The number of benzene rings is 2. The lowest BCUT2D eigenvalue weighted by molar-refractivity contribution is -0.123. The fraction of sp³-hybridized carbons (Fsp3) is 0.300. The summed E-state index contributed by atoms with van der Waals surface area (Å²) in [6, 6.07) is 8.89. The maximum absolute atomic E-state index is 12.3. The second-order valence-electron chi connectivity index (χ2n) is 6.07. The second kappa shape index (κ2) is 8.93. The van der Waals surface area contributed by atoms with Gasteiger partial charge in [-0.05, 0) is 50.1 Å². The molecule has 0 saturated carbocycles. The summed E-state index contributed by atoms with van der Waals surface area (Å²) in [7, 11) is 3.02. The van der Waals surface area contributed by atoms with Crippen molar-refractivity contribution in [1.29, 1.82) is 0 Å². The lowest BCUT2D eigenvalue weighted by Gasteiger charge is -2.13. The summed E-state index contributed by atoms with van der Waals surface area (Å²) in [6.45, 7) is 5.44. The van der Waals surface area contributed by atoms with Crippen LogP contribution in [0.15, 0.2) is 30.3 Å². The summed E-state index contributed by atoms with van der Waals surface area (Å²) in [5.41, 5.74) is 7.72. The molecule has 0 aromatic heterocycles. The van der Waals surface area contributed by atoms with Crippen LogP contribution in [0, 0.1) is 20.8 Å². The molecular weight excluding hydrogens is 348 g/mol. The van der Waals surface area contributed by atoms with Crippen molar-refractivity contribution >= 4 is 11.8 Å². The van der Waals surface area contributed by atoms with Crippen molar-refractivity contribution in [3.8, 4) is 17.2 Å². The molecule has 2 N–H and O–H groups in total. The summed E-state index contributed by atoms with van der Waals surface area (Å²) in [6.07, 6.45) is 0. The zero-order valence-corrected chi connectivity index (χ0v) is 16.1. The SMILES string of the molecule is COc1cc(C(=O)NNC(=O)COc2cc(C)ccc2C)cc(OC)c1C. The van der Waals surface area contributed by atoms with E-state index in [1.807, 2.05) is 39.0 Å². The molecule has 27 heavy (non-hydrogen) atoms. The van der Waals surface area contributed by atoms with Crippen LogP contribution in [0.3, 0.4) is 0 Å². The first-order chi connectivity index (χ1) is 12.8. The molecule has 144 valence electrons. The maximum atomic E-state index is 12.3. The molecule has 0 aliphatic rings. The first-order valence-corrected chi connectivity index (χ1v) is 8.37. The molecule has 2 amide bonds. The Morgan fingerprint density at radius 2 is 1.52 bits per heavy atom. The van der Waals surface area contributed by atoms with E-state index in [1.165, 1.54) is 14.2 Å². The molecular formula is C20H24N2O5. The van der Waals surface area contributed by atoms with Crippen molar-refractivity contribution in [2.24, 2.45) is 0 Å². The van der Waals surface area contributed by atoms with Gasteiger partial charge in [-0.3, -0.25) is 20.4 Å². The number of carbonyl (C=O) groups excluding carboxylic acids is 2. The number of amides is 2. The Kier molecular flexibility index (Phi) is 6.65. The molecule has 0 heterocycles. The zero-order chi connectivity index (χ0) is 20.0. The summed E-state index contributed by atoms with van der Waals surface area (Å²) < 4.78 is 16.0. The molecule has 2 aromatic carbocycles. The first kappa shape index (κ1) is 20.1. The fourth-order valence-electron chi connectivity index (χ4n) is 2.46. The molecule has 2 rings (SSSR count). The van der Waals surface area contributed by atoms with Gasteiger partial charge in [-0.25, -0.2) is 0 Å². The van der Waals surface area contributed by atoms with Crippen LogP contribution >= 0.6 is 0 Å². The maximum Gasteiger partial charge on any atom is 0.276 e. The normalized spacial score (nSPS) is 10.1. The lowest BCUT2D eigenvalue weighted by atomic mass is 10.1. The molecule has 7 nitrogen and oxygen atoms in total. The van der Waals surface area contributed by atoms with Gasteiger partial charge in [-0.2, -0.15) is 0 Å². The third-order valence-corrected chi connectivity index (χ3v) is 4.03. The molecule has 0 aliphatic carbocycles. The van der Waals surface area contributed by atoms with Crippen LogP contribution in [0.25, 0.3) is 0 Å². The molecule has 0 aliphatic heterocycles. The lowest BCUT2D eigenvalue weighted by Crippen LogP contribution is -2.43. The van der Waals surface area contributed by atoms with Gasteiger partial charge in [-0.15, -0.1) is 0 Å². The minimum absolute atomic E-state index is 0.217. The smallest absolute Gasteiger partial charge is 0.276 e. The van der Waals surface area contributed by atoms with Crippen molar-refractivity contribution in [2.45, 2.75) is 20.8 Å². The van der Waals surface area contributed by atoms with Gasteiger partial charge in [0.15, 0.2) is 6.61 Å². The third-order valence-electron chi connectivity index (χ3n) is 4.03. The number of aryl methyl sites for hydroxylation is 2. The van der Waals surface area contributed by atoms with E-state index in [1.54, 1.807) is 12.1 Å². The van der Waals surface area contributed by atoms with E-state index in [0.717, 1.165) is 16.7 Å². The van der Waals surface area contributed by atoms with Gasteiger partial charge in [0.2, 0.25) is 0 Å². The summed E-state index contributed by atoms with van der Waals surface area (Å²) >= 11 is 0. The highest BCUT2D eigenvalue weighted by molar-refractivity contribution is 5.96. The molecule has 2 aromatic rings. The topological polar surface area (TPSA) is 85.9 Å². The van der Waals surface area contributed by atoms with Gasteiger partial charge in [-0.1, -0.05) is 12.1 Å². The van der Waals surface area contributed by atoms with Gasteiger partial charge in [0.05, 0.1) is 14.2 Å². The van der Waals surface area contributed by atoms with Crippen LogP contribution in [0.5, 0.6) is 17.2 Å². The predicted molar refractivity (Wildman–Crippen MR) is 101 cm³/mol. The number of hydrazine groups is 1. The van der Waals surface area contributed by atoms with E-state index in [9.17, 15) is 9.59 Å². The van der Waals surface area contributed by atoms with Crippen molar-refractivity contribution < 1.29 is 23.8 Å². The molecule has 0 saturated heterocycles. The molecule has 7 heteroatoms. The van der Waals surface area contributed by atoms with Crippen molar-refractivity contribution in [1.82, 2.24) is 10.9 Å². The number of rotatable bonds is 6. The average Bonchev–Trinajstić information content (AvgIpc) is 2.66. The largest absolute Gasteiger partial charge is 0.496 e. The van der Waals surface area contributed by atoms with E-state index in [-0.39, 0.29) is 6.61 Å². The number of ether oxygens (including phenoxy) is 3. The van der Waals surface area contributed by atoms with Gasteiger partial charge in [0, 0.05) is 11.1 Å². The molecule has 0 fully saturated rings. The van der Waals surface area contributed by atoms with Crippen molar-refractivity contribution in [3.63, 3.8) is 0 Å². The number of nitrogens with one attached hydrogen (secondary N) is 2. The molecule has 0 radical (unpaired) electrons. The first-order valence-electron chi connectivity index (χ1n) is 8.37. The molecule has 0 unspecified atom stereocenters. The highest BCUT2D eigenvalue weighted by Crippen LogP contribution is 2.29. The van der Waals surface area contributed by atoms with Gasteiger partial charge in [0.25, 0.3) is 11.8 Å². The minimum atomic E-state index is -0.494. The minimum Gasteiger partial charge on any atom is -0.496 e. The van der Waals surface area contributed by atoms with Crippen LogP contribution in [-0.4, -0.2) is 32.6 Å². The van der Waals surface area contributed by atoms with E-state index in [4.69, 9.17) is 14.2 Å². The standard InChI is InChI=1S/C20H24N2O5/c1-12-6-7-13(2)16(8-12)27-11-19(23)21-22-20(24)15-9-17(25-4)14(3)18(10-15)26-5/h6-10H,11H2,1-5H3,(H,21,23)(H,22,24). The Morgan fingerprint density at radius 1 is 0.889 bits per heavy atom. The van der Waals surface area contributed by atoms with E-state index < -0.39 is 11.8 Å². The number of carbonyl (C=O) groups is 2. The Balaban J connectivity index is 1.95. The van der Waals surface area contributed by atoms with Crippen LogP contribution < -0.4 is 25.1 Å². The van der Waals surface area contributed by atoms with Crippen LogP contribution in [0.4, 0.5) is 0 Å². The highest BCUT2D eigenvalue weighted by Gasteiger charge is 2.14. The third kappa shape index (κ3) is 5.13. The van der Waals surface area contributed by atoms with E-state index >= 15 is 0 Å². The van der Waals surface area contributed by atoms with Crippen molar-refractivity contribution in [3.05, 3.63) is 52.6 Å². The predicted octanol–water partition coefficient (Wildman–Crippen LogP) is 2.47. The number of hydrogen-bond donors (Lipinski definition) is 2. The van der Waals surface area contributed by atoms with Crippen LogP contribution in [0.1, 0.15) is 27.0 Å². The van der Waals surface area contributed by atoms with Gasteiger partial charge in [0.1, 0.15) is 17.2 Å². The van der Waals surface area contributed by atoms with Gasteiger partial charge >= 0.3 is 0 Å². The van der Waals surface area contributed by atoms with Crippen LogP contribution in [0.2, 0.25) is 0 Å². The van der Waals surface area contributed by atoms with Crippen LogP contribution in [-0.2, 0) is 4.79 Å². The summed E-state index contributed by atoms with van der Waals surface area (Å²) in [5.74, 6) is 0.694. The second-order valence-corrected chi connectivity index (χ2v) is 6.07. The fourth-order valence-corrected chi connectivity index (χ4v) is 2.46. The average molecular weight is 372 g/mol. The summed E-state index contributed by atoms with van der Waals surface area (Å²) in [5, 5.41) is 0. The molecule has 0 atom stereocenters. The van der Waals surface area contributed by atoms with E-state index in [0.29, 0.717) is 22.8 Å². The highest BCUT2D eigenvalue weighted by atomic mass is 16.5. The number of methoxy groups -OCH3 is 2. The summed E-state index contributed by atoms with van der Waals surface area (Å²) in [4.78, 5) is 24.2. The van der Waals surface area contributed by atoms with E-state index in [2.05, 4.69) is 10.9 Å². The van der Waals surface area contributed by atoms with Gasteiger partial charge < -0.3 is 14.2 Å². The zero-order valence-electron chi connectivity index (χ0n) is 16.1. The monoisotopic (exact) mass is 372 g/mol. The molecule has 0 bridgehead atoms. The Hall–Kier alpha value is -3.22. The van der Waals surface area contributed by atoms with Crippen molar-refractivity contribution in [2.75, 3.05) is 20.8 Å². The Morgan fingerprint density at radius 3 is 2.11 bits per heavy atom. The Bertz CT molecular complexity index is 823.